The minimum absolute atomic E-state index is 0.676. The molecule has 0 saturated carbocycles. The molecule has 0 radical (unpaired) electrons. The Morgan fingerprint density at radius 2 is 2.00 bits per heavy atom. The van der Waals surface area contributed by atoms with E-state index in [1.165, 1.54) is 5.69 Å². The molecule has 2 aromatic heterocycles. The summed E-state index contributed by atoms with van der Waals surface area (Å²) in [6, 6.07) is 8.10. The number of hydrogen-bond donors (Lipinski definition) is 1. The van der Waals surface area contributed by atoms with Gasteiger partial charge >= 0.3 is 0 Å². The van der Waals surface area contributed by atoms with Crippen LogP contribution in [0.25, 0.3) is 5.69 Å². The Kier molecular flexibility index (Phi) is 2.60. The maximum Gasteiger partial charge on any atom is 0.0482 e. The predicted octanol–water partition coefficient (Wildman–Crippen LogP) is 1.37. The fourth-order valence-corrected chi connectivity index (χ4v) is 1.52. The lowest BCUT2D eigenvalue weighted by Gasteiger charge is -2.07. The first-order valence-corrected chi connectivity index (χ1v) is 4.68. The summed E-state index contributed by atoms with van der Waals surface area (Å²) < 4.78 is 2.13. The van der Waals surface area contributed by atoms with Gasteiger partial charge in [0.15, 0.2) is 0 Å². The van der Waals surface area contributed by atoms with Crippen molar-refractivity contribution in [1.82, 2.24) is 9.55 Å². The van der Waals surface area contributed by atoms with Crippen molar-refractivity contribution >= 4 is 0 Å². The number of rotatable bonds is 3. The quantitative estimate of drug-likeness (QED) is 0.788. The molecule has 0 unspecified atom stereocenters. The molecule has 72 valence electrons. The average Bonchev–Trinajstić information content (AvgIpc) is 2.68. The van der Waals surface area contributed by atoms with Gasteiger partial charge in [-0.1, -0.05) is 0 Å². The van der Waals surface area contributed by atoms with Crippen molar-refractivity contribution < 1.29 is 0 Å². The van der Waals surface area contributed by atoms with Gasteiger partial charge in [0.1, 0.15) is 0 Å². The SMILES string of the molecule is NCCc1cccn1-c1ccncc1. The summed E-state index contributed by atoms with van der Waals surface area (Å²) in [6.45, 7) is 0.676. The van der Waals surface area contributed by atoms with Crippen molar-refractivity contribution in [2.75, 3.05) is 6.54 Å². The first-order chi connectivity index (χ1) is 6.92. The van der Waals surface area contributed by atoms with Gasteiger partial charge in [0.2, 0.25) is 0 Å². The normalized spacial score (nSPS) is 10.4. The second kappa shape index (κ2) is 4.07. The van der Waals surface area contributed by atoms with Crippen LogP contribution < -0.4 is 5.73 Å². The van der Waals surface area contributed by atoms with Crippen LogP contribution >= 0.6 is 0 Å². The van der Waals surface area contributed by atoms with Crippen LogP contribution in [0.3, 0.4) is 0 Å². The molecule has 0 aliphatic heterocycles. The van der Waals surface area contributed by atoms with E-state index in [0.29, 0.717) is 6.54 Å². The van der Waals surface area contributed by atoms with Crippen LogP contribution in [0, 0.1) is 0 Å². The van der Waals surface area contributed by atoms with Crippen LogP contribution in [-0.4, -0.2) is 16.1 Å². The highest BCUT2D eigenvalue weighted by Crippen LogP contribution is 2.11. The molecule has 2 heterocycles. The number of nitrogens with zero attached hydrogens (tertiary/aromatic N) is 2. The first kappa shape index (κ1) is 8.97. The second-order valence-corrected chi connectivity index (χ2v) is 3.11. The maximum atomic E-state index is 5.54. The highest BCUT2D eigenvalue weighted by molar-refractivity contribution is 5.32. The van der Waals surface area contributed by atoms with Crippen molar-refractivity contribution in [3.8, 4) is 5.69 Å². The Labute approximate surface area is 83.2 Å². The van der Waals surface area contributed by atoms with Crippen molar-refractivity contribution in [2.24, 2.45) is 5.73 Å². The predicted molar refractivity (Wildman–Crippen MR) is 56.3 cm³/mol. The van der Waals surface area contributed by atoms with Crippen LogP contribution in [0.4, 0.5) is 0 Å². The van der Waals surface area contributed by atoms with E-state index in [0.717, 1.165) is 12.1 Å². The van der Waals surface area contributed by atoms with Gasteiger partial charge in [0, 0.05) is 36.4 Å². The number of aromatic nitrogens is 2. The number of hydrogen-bond acceptors (Lipinski definition) is 2. The van der Waals surface area contributed by atoms with Crippen LogP contribution in [0.2, 0.25) is 0 Å². The van der Waals surface area contributed by atoms with Gasteiger partial charge in [0.05, 0.1) is 0 Å². The molecule has 2 rings (SSSR count). The van der Waals surface area contributed by atoms with Gasteiger partial charge in [-0.25, -0.2) is 0 Å². The molecule has 3 heteroatoms. The minimum atomic E-state index is 0.676. The van der Waals surface area contributed by atoms with Gasteiger partial charge in [-0.15, -0.1) is 0 Å². The summed E-state index contributed by atoms with van der Waals surface area (Å²) >= 11 is 0. The Morgan fingerprint density at radius 1 is 1.21 bits per heavy atom. The largest absolute Gasteiger partial charge is 0.330 e. The molecular formula is C11H13N3. The van der Waals surface area contributed by atoms with Crippen LogP contribution in [-0.2, 0) is 6.42 Å². The number of pyridine rings is 1. The van der Waals surface area contributed by atoms with Gasteiger partial charge in [-0.05, 0) is 30.8 Å². The van der Waals surface area contributed by atoms with E-state index in [1.54, 1.807) is 12.4 Å². The third-order valence-electron chi connectivity index (χ3n) is 2.17. The van der Waals surface area contributed by atoms with Gasteiger partial charge in [-0.2, -0.15) is 0 Å². The minimum Gasteiger partial charge on any atom is -0.330 e. The van der Waals surface area contributed by atoms with E-state index in [4.69, 9.17) is 5.73 Å². The van der Waals surface area contributed by atoms with E-state index < -0.39 is 0 Å². The molecular weight excluding hydrogens is 174 g/mol. The van der Waals surface area contributed by atoms with Gasteiger partial charge in [0.25, 0.3) is 0 Å². The van der Waals surface area contributed by atoms with Crippen molar-refractivity contribution in [3.05, 3.63) is 48.5 Å². The molecule has 0 aliphatic rings. The molecule has 0 fully saturated rings. The monoisotopic (exact) mass is 187 g/mol. The molecule has 2 N–H and O–H groups in total. The molecule has 0 spiro atoms. The lowest BCUT2D eigenvalue weighted by Crippen LogP contribution is -2.07. The Balaban J connectivity index is 2.37. The fraction of sp³-hybridized carbons (Fsp3) is 0.182. The Bertz CT molecular complexity index is 392. The summed E-state index contributed by atoms with van der Waals surface area (Å²) in [5.41, 5.74) is 7.91. The zero-order chi connectivity index (χ0) is 9.80. The zero-order valence-electron chi connectivity index (χ0n) is 7.93. The maximum absolute atomic E-state index is 5.54. The zero-order valence-corrected chi connectivity index (χ0v) is 7.93. The third kappa shape index (κ3) is 1.67. The topological polar surface area (TPSA) is 43.8 Å². The van der Waals surface area contributed by atoms with Crippen LogP contribution in [0.5, 0.6) is 0 Å². The molecule has 3 nitrogen and oxygen atoms in total. The van der Waals surface area contributed by atoms with E-state index in [9.17, 15) is 0 Å². The van der Waals surface area contributed by atoms with E-state index in [2.05, 4.69) is 15.6 Å². The highest BCUT2D eigenvalue weighted by atomic mass is 15.0. The molecule has 0 amide bonds. The molecule has 14 heavy (non-hydrogen) atoms. The van der Waals surface area contributed by atoms with Crippen LogP contribution in [0.1, 0.15) is 5.69 Å². The molecule has 0 aromatic carbocycles. The van der Waals surface area contributed by atoms with Crippen molar-refractivity contribution in [3.63, 3.8) is 0 Å². The molecule has 0 atom stereocenters. The standard InChI is InChI=1S/C11H13N3/c12-6-3-10-2-1-9-14(10)11-4-7-13-8-5-11/h1-2,4-5,7-9H,3,6,12H2. The van der Waals surface area contributed by atoms with Gasteiger partial charge in [-0.3, -0.25) is 4.98 Å². The molecule has 0 aliphatic carbocycles. The molecule has 0 bridgehead atoms. The third-order valence-corrected chi connectivity index (χ3v) is 2.17. The van der Waals surface area contributed by atoms with Crippen LogP contribution in [0.15, 0.2) is 42.9 Å². The average molecular weight is 187 g/mol. The van der Waals surface area contributed by atoms with Crippen molar-refractivity contribution in [2.45, 2.75) is 6.42 Å². The second-order valence-electron chi connectivity index (χ2n) is 3.11. The number of nitrogens with two attached hydrogens (primary N) is 1. The summed E-state index contributed by atoms with van der Waals surface area (Å²) in [5.74, 6) is 0. The smallest absolute Gasteiger partial charge is 0.0482 e. The van der Waals surface area contributed by atoms with E-state index in [-0.39, 0.29) is 0 Å². The summed E-state index contributed by atoms with van der Waals surface area (Å²) in [4.78, 5) is 3.99. The summed E-state index contributed by atoms with van der Waals surface area (Å²) in [6.07, 6.45) is 6.53. The Hall–Kier alpha value is -1.61. The summed E-state index contributed by atoms with van der Waals surface area (Å²) in [5, 5.41) is 0. The van der Waals surface area contributed by atoms with Gasteiger partial charge < -0.3 is 10.3 Å². The highest BCUT2D eigenvalue weighted by Gasteiger charge is 2.00. The first-order valence-electron chi connectivity index (χ1n) is 4.68. The lowest BCUT2D eigenvalue weighted by atomic mass is 10.3. The van der Waals surface area contributed by atoms with E-state index in [1.807, 2.05) is 24.4 Å². The molecule has 0 saturated heterocycles. The fourth-order valence-electron chi connectivity index (χ4n) is 1.52. The lowest BCUT2D eigenvalue weighted by molar-refractivity contribution is 0.873. The summed E-state index contributed by atoms with van der Waals surface area (Å²) in [7, 11) is 0. The van der Waals surface area contributed by atoms with Crippen molar-refractivity contribution in [1.29, 1.82) is 0 Å². The molecule has 2 aromatic rings. The Morgan fingerprint density at radius 3 is 2.71 bits per heavy atom. The van der Waals surface area contributed by atoms with E-state index >= 15 is 0 Å².